The van der Waals surface area contributed by atoms with E-state index in [1.165, 1.54) is 11.3 Å². The van der Waals surface area contributed by atoms with Crippen LogP contribution in [0.5, 0.6) is 0 Å². The number of carbonyl (C=O) groups is 1. The molecule has 0 fully saturated rings. The molecular formula is C14H12N2OS. The molecule has 2 aromatic rings. The van der Waals surface area contributed by atoms with Gasteiger partial charge in [-0.05, 0) is 23.6 Å². The van der Waals surface area contributed by atoms with Gasteiger partial charge in [-0.15, -0.1) is 0 Å². The van der Waals surface area contributed by atoms with Gasteiger partial charge in [0.2, 0.25) is 0 Å². The number of nitrogens with one attached hydrogen (secondary N) is 1. The first-order chi connectivity index (χ1) is 8.81. The Hall–Kier alpha value is -2.09. The Morgan fingerprint density at radius 2 is 2.17 bits per heavy atom. The van der Waals surface area contributed by atoms with Crippen molar-refractivity contribution in [1.29, 1.82) is 0 Å². The summed E-state index contributed by atoms with van der Waals surface area (Å²) < 4.78 is 0. The number of hydrogen-bond donors (Lipinski definition) is 2. The number of thiophene rings is 1. The summed E-state index contributed by atoms with van der Waals surface area (Å²) in [7, 11) is 0. The van der Waals surface area contributed by atoms with Crippen LogP contribution in [0.2, 0.25) is 0 Å². The predicted octanol–water partition coefficient (Wildman–Crippen LogP) is 2.31. The van der Waals surface area contributed by atoms with Crippen molar-refractivity contribution in [3.8, 4) is 11.8 Å². The number of hydrogen-bond acceptors (Lipinski definition) is 3. The SMILES string of the molecule is NCC#Cc1ccccc1NC(=O)c1ccsc1. The molecular weight excluding hydrogens is 244 g/mol. The highest BCUT2D eigenvalue weighted by atomic mass is 32.1. The van der Waals surface area contributed by atoms with Crippen molar-refractivity contribution in [2.75, 3.05) is 11.9 Å². The molecule has 2 rings (SSSR count). The minimum absolute atomic E-state index is 0.127. The monoisotopic (exact) mass is 256 g/mol. The molecule has 0 aliphatic heterocycles. The average molecular weight is 256 g/mol. The van der Waals surface area contributed by atoms with Crippen molar-refractivity contribution in [3.63, 3.8) is 0 Å². The third-order valence-electron chi connectivity index (χ3n) is 2.28. The van der Waals surface area contributed by atoms with Gasteiger partial charge in [-0.3, -0.25) is 4.79 Å². The van der Waals surface area contributed by atoms with Crippen LogP contribution in [0.15, 0.2) is 41.1 Å². The molecule has 0 bridgehead atoms. The Kier molecular flexibility index (Phi) is 4.13. The van der Waals surface area contributed by atoms with Crippen LogP contribution < -0.4 is 11.1 Å². The van der Waals surface area contributed by atoms with E-state index in [1.54, 1.807) is 6.07 Å². The van der Waals surface area contributed by atoms with Crippen LogP contribution in [0.3, 0.4) is 0 Å². The summed E-state index contributed by atoms with van der Waals surface area (Å²) in [5, 5.41) is 6.53. The fourth-order valence-corrected chi connectivity index (χ4v) is 2.07. The van der Waals surface area contributed by atoms with Crippen molar-refractivity contribution in [1.82, 2.24) is 0 Å². The predicted molar refractivity (Wildman–Crippen MR) is 74.6 cm³/mol. The van der Waals surface area contributed by atoms with E-state index in [1.807, 2.05) is 35.0 Å². The molecule has 18 heavy (non-hydrogen) atoms. The average Bonchev–Trinajstić information content (AvgIpc) is 2.91. The maximum atomic E-state index is 11.9. The lowest BCUT2D eigenvalue weighted by atomic mass is 10.1. The van der Waals surface area contributed by atoms with E-state index in [-0.39, 0.29) is 5.91 Å². The molecule has 4 heteroatoms. The van der Waals surface area contributed by atoms with Gasteiger partial charge in [0.05, 0.1) is 17.8 Å². The highest BCUT2D eigenvalue weighted by molar-refractivity contribution is 7.08. The zero-order chi connectivity index (χ0) is 12.8. The summed E-state index contributed by atoms with van der Waals surface area (Å²) in [6.07, 6.45) is 0. The first-order valence-corrected chi connectivity index (χ1v) is 6.37. The number of benzene rings is 1. The van der Waals surface area contributed by atoms with E-state index in [4.69, 9.17) is 5.73 Å². The third-order valence-corrected chi connectivity index (χ3v) is 2.97. The molecule has 90 valence electrons. The van der Waals surface area contributed by atoms with E-state index in [2.05, 4.69) is 17.2 Å². The summed E-state index contributed by atoms with van der Waals surface area (Å²) in [5.41, 5.74) is 7.47. The Morgan fingerprint density at radius 1 is 1.33 bits per heavy atom. The van der Waals surface area contributed by atoms with Crippen LogP contribution in [0.4, 0.5) is 5.69 Å². The van der Waals surface area contributed by atoms with Gasteiger partial charge in [-0.25, -0.2) is 0 Å². The molecule has 0 atom stereocenters. The van der Waals surface area contributed by atoms with Crippen molar-refractivity contribution >= 4 is 22.9 Å². The van der Waals surface area contributed by atoms with Crippen LogP contribution in [0, 0.1) is 11.8 Å². The van der Waals surface area contributed by atoms with Crippen molar-refractivity contribution in [3.05, 3.63) is 52.2 Å². The minimum atomic E-state index is -0.127. The van der Waals surface area contributed by atoms with Crippen molar-refractivity contribution in [2.45, 2.75) is 0 Å². The Labute approximate surface area is 110 Å². The lowest BCUT2D eigenvalue weighted by Gasteiger charge is -2.06. The van der Waals surface area contributed by atoms with Gasteiger partial charge in [0, 0.05) is 10.9 Å². The number of rotatable bonds is 2. The normalized spacial score (nSPS) is 9.39. The van der Waals surface area contributed by atoms with Gasteiger partial charge in [0.25, 0.3) is 5.91 Å². The minimum Gasteiger partial charge on any atom is -0.321 e. The van der Waals surface area contributed by atoms with Gasteiger partial charge >= 0.3 is 0 Å². The van der Waals surface area contributed by atoms with Crippen LogP contribution in [-0.4, -0.2) is 12.5 Å². The number of nitrogens with two attached hydrogens (primary N) is 1. The highest BCUT2D eigenvalue weighted by Crippen LogP contribution is 2.16. The van der Waals surface area contributed by atoms with Gasteiger partial charge in [-0.1, -0.05) is 24.0 Å². The fraction of sp³-hybridized carbons (Fsp3) is 0.0714. The molecule has 0 aliphatic rings. The van der Waals surface area contributed by atoms with E-state index in [9.17, 15) is 4.79 Å². The Bertz CT molecular complexity index is 594. The summed E-state index contributed by atoms with van der Waals surface area (Å²) in [4.78, 5) is 11.9. The van der Waals surface area contributed by atoms with E-state index in [0.29, 0.717) is 17.8 Å². The lowest BCUT2D eigenvalue weighted by molar-refractivity contribution is 0.102. The van der Waals surface area contributed by atoms with Crippen molar-refractivity contribution in [2.24, 2.45) is 5.73 Å². The quantitative estimate of drug-likeness (QED) is 0.810. The molecule has 0 saturated carbocycles. The largest absolute Gasteiger partial charge is 0.321 e. The molecule has 3 nitrogen and oxygen atoms in total. The standard InChI is InChI=1S/C14H12N2OS/c15-8-3-5-11-4-1-2-6-13(11)16-14(17)12-7-9-18-10-12/h1-2,4,6-7,9-10H,8,15H2,(H,16,17). The maximum absolute atomic E-state index is 11.9. The third kappa shape index (κ3) is 2.98. The molecule has 3 N–H and O–H groups in total. The molecule has 0 aliphatic carbocycles. The first kappa shape index (κ1) is 12.4. The maximum Gasteiger partial charge on any atom is 0.256 e. The second kappa shape index (κ2) is 6.01. The fourth-order valence-electron chi connectivity index (χ4n) is 1.44. The Morgan fingerprint density at radius 3 is 2.89 bits per heavy atom. The van der Waals surface area contributed by atoms with Gasteiger partial charge in [-0.2, -0.15) is 11.3 Å². The van der Waals surface area contributed by atoms with E-state index in [0.717, 1.165) is 5.56 Å². The summed E-state index contributed by atoms with van der Waals surface area (Å²) in [5.74, 6) is 5.59. The van der Waals surface area contributed by atoms with Gasteiger partial charge in [0.1, 0.15) is 0 Å². The Balaban J connectivity index is 2.21. The molecule has 0 unspecified atom stereocenters. The molecule has 1 heterocycles. The summed E-state index contributed by atoms with van der Waals surface area (Å²) in [6, 6.07) is 9.20. The molecule has 0 spiro atoms. The summed E-state index contributed by atoms with van der Waals surface area (Å²) >= 11 is 1.49. The van der Waals surface area contributed by atoms with Gasteiger partial charge < -0.3 is 11.1 Å². The molecule has 0 radical (unpaired) electrons. The van der Waals surface area contributed by atoms with Crippen LogP contribution in [0.25, 0.3) is 0 Å². The highest BCUT2D eigenvalue weighted by Gasteiger charge is 2.07. The zero-order valence-corrected chi connectivity index (χ0v) is 10.5. The van der Waals surface area contributed by atoms with Crippen molar-refractivity contribution < 1.29 is 4.79 Å². The summed E-state index contributed by atoms with van der Waals surface area (Å²) in [6.45, 7) is 0.298. The molecule has 1 amide bonds. The number of carbonyl (C=O) groups excluding carboxylic acids is 1. The first-order valence-electron chi connectivity index (χ1n) is 5.43. The lowest BCUT2D eigenvalue weighted by Crippen LogP contribution is -2.11. The van der Waals surface area contributed by atoms with E-state index >= 15 is 0 Å². The number of amides is 1. The smallest absolute Gasteiger partial charge is 0.256 e. The van der Waals surface area contributed by atoms with Gasteiger partial charge in [0.15, 0.2) is 0 Å². The molecule has 1 aromatic heterocycles. The molecule has 1 aromatic carbocycles. The van der Waals surface area contributed by atoms with Crippen LogP contribution in [0.1, 0.15) is 15.9 Å². The van der Waals surface area contributed by atoms with Crippen LogP contribution in [-0.2, 0) is 0 Å². The number of anilines is 1. The van der Waals surface area contributed by atoms with E-state index < -0.39 is 0 Å². The number of para-hydroxylation sites is 1. The second-order valence-corrected chi connectivity index (χ2v) is 4.30. The van der Waals surface area contributed by atoms with Crippen LogP contribution >= 0.6 is 11.3 Å². The topological polar surface area (TPSA) is 55.1 Å². The second-order valence-electron chi connectivity index (χ2n) is 3.52. The molecule has 0 saturated heterocycles. The zero-order valence-electron chi connectivity index (χ0n) is 9.64.